The zero-order chi connectivity index (χ0) is 19.3. The number of rotatable bonds is 9. The standard InChI is InChI=1S/C23H28N4O/c1-27(15-17-4-2-6-21(24)12-17)16-20-13-18(20)9-11-28-22-7-3-5-19(14-22)23-8-10-25-26-23/h2-8,10,12,14,18,20H,9,11,13,15-16,24H2,1H3,(H,25,26). The number of H-pyrrole nitrogens is 1. The van der Waals surface area contributed by atoms with Gasteiger partial charge in [-0.3, -0.25) is 5.10 Å². The van der Waals surface area contributed by atoms with Crippen LogP contribution in [0.3, 0.4) is 0 Å². The number of anilines is 1. The smallest absolute Gasteiger partial charge is 0.119 e. The van der Waals surface area contributed by atoms with Gasteiger partial charge in [-0.05, 0) is 67.6 Å². The maximum atomic E-state index is 6.00. The van der Waals surface area contributed by atoms with Gasteiger partial charge >= 0.3 is 0 Å². The van der Waals surface area contributed by atoms with Crippen molar-refractivity contribution in [2.75, 3.05) is 25.9 Å². The number of aromatic nitrogens is 2. The molecular formula is C23H28N4O. The molecule has 0 spiro atoms. The molecular weight excluding hydrogens is 348 g/mol. The fourth-order valence-electron chi connectivity index (χ4n) is 3.85. The van der Waals surface area contributed by atoms with Crippen LogP contribution in [-0.2, 0) is 6.54 Å². The van der Waals surface area contributed by atoms with Gasteiger partial charge in [-0.2, -0.15) is 5.10 Å². The Balaban J connectivity index is 1.19. The molecule has 1 saturated carbocycles. The minimum Gasteiger partial charge on any atom is -0.494 e. The average Bonchev–Trinajstić information content (AvgIpc) is 3.17. The summed E-state index contributed by atoms with van der Waals surface area (Å²) in [5, 5.41) is 7.00. The minimum atomic E-state index is 0.770. The molecule has 0 saturated heterocycles. The lowest BCUT2D eigenvalue weighted by atomic mass is 10.1. The molecule has 4 rings (SSSR count). The van der Waals surface area contributed by atoms with Crippen molar-refractivity contribution in [1.29, 1.82) is 0 Å². The van der Waals surface area contributed by atoms with Gasteiger partial charge < -0.3 is 15.4 Å². The van der Waals surface area contributed by atoms with Gasteiger partial charge in [-0.15, -0.1) is 0 Å². The third-order valence-electron chi connectivity index (χ3n) is 5.42. The van der Waals surface area contributed by atoms with Crippen LogP contribution in [0.1, 0.15) is 18.4 Å². The molecule has 0 amide bonds. The van der Waals surface area contributed by atoms with E-state index in [1.165, 1.54) is 12.0 Å². The number of nitrogens with two attached hydrogens (primary N) is 1. The number of hydrogen-bond acceptors (Lipinski definition) is 4. The Morgan fingerprint density at radius 2 is 2.04 bits per heavy atom. The minimum absolute atomic E-state index is 0.770. The number of nitrogen functional groups attached to an aromatic ring is 1. The van der Waals surface area contributed by atoms with Crippen molar-refractivity contribution in [3.05, 3.63) is 66.4 Å². The Hall–Kier alpha value is -2.79. The molecule has 5 nitrogen and oxygen atoms in total. The van der Waals surface area contributed by atoms with E-state index in [0.29, 0.717) is 0 Å². The Morgan fingerprint density at radius 3 is 2.86 bits per heavy atom. The second kappa shape index (κ2) is 8.48. The third kappa shape index (κ3) is 4.93. The second-order valence-corrected chi connectivity index (χ2v) is 7.83. The van der Waals surface area contributed by atoms with Crippen molar-refractivity contribution in [3.63, 3.8) is 0 Å². The molecule has 1 fully saturated rings. The summed E-state index contributed by atoms with van der Waals surface area (Å²) < 4.78 is 6.00. The predicted molar refractivity (Wildman–Crippen MR) is 113 cm³/mol. The van der Waals surface area contributed by atoms with Crippen LogP contribution in [-0.4, -0.2) is 35.3 Å². The lowest BCUT2D eigenvalue weighted by Crippen LogP contribution is -2.21. The van der Waals surface area contributed by atoms with E-state index in [-0.39, 0.29) is 0 Å². The van der Waals surface area contributed by atoms with E-state index in [1.807, 2.05) is 30.3 Å². The summed E-state index contributed by atoms with van der Waals surface area (Å²) in [6.45, 7) is 2.85. The van der Waals surface area contributed by atoms with Gasteiger partial charge in [0.05, 0.1) is 12.3 Å². The number of benzene rings is 2. The Kier molecular flexibility index (Phi) is 5.63. The largest absolute Gasteiger partial charge is 0.494 e. The molecule has 1 aliphatic carbocycles. The summed E-state index contributed by atoms with van der Waals surface area (Å²) in [6.07, 6.45) is 4.18. The van der Waals surface area contributed by atoms with E-state index >= 15 is 0 Å². The Bertz CT molecular complexity index is 893. The molecule has 0 aliphatic heterocycles. The van der Waals surface area contributed by atoms with Crippen molar-refractivity contribution in [2.45, 2.75) is 19.4 Å². The number of nitrogens with zero attached hydrogens (tertiary/aromatic N) is 2. The molecule has 5 heteroatoms. The van der Waals surface area contributed by atoms with E-state index in [9.17, 15) is 0 Å². The molecule has 3 aromatic rings. The van der Waals surface area contributed by atoms with Crippen LogP contribution in [0.5, 0.6) is 5.75 Å². The monoisotopic (exact) mass is 376 g/mol. The predicted octanol–water partition coefficient (Wildman–Crippen LogP) is 4.20. The van der Waals surface area contributed by atoms with Crippen molar-refractivity contribution in [2.24, 2.45) is 11.8 Å². The summed E-state index contributed by atoms with van der Waals surface area (Å²) in [6, 6.07) is 18.3. The lowest BCUT2D eigenvalue weighted by molar-refractivity contribution is 0.280. The molecule has 28 heavy (non-hydrogen) atoms. The van der Waals surface area contributed by atoms with Crippen LogP contribution >= 0.6 is 0 Å². The van der Waals surface area contributed by atoms with Gasteiger partial charge in [0, 0.05) is 30.5 Å². The fourth-order valence-corrected chi connectivity index (χ4v) is 3.85. The van der Waals surface area contributed by atoms with Gasteiger partial charge in [-0.25, -0.2) is 0 Å². The van der Waals surface area contributed by atoms with Crippen LogP contribution in [0.15, 0.2) is 60.8 Å². The maximum absolute atomic E-state index is 6.00. The highest BCUT2D eigenvalue weighted by atomic mass is 16.5. The highest BCUT2D eigenvalue weighted by molar-refractivity contribution is 5.60. The number of ether oxygens (including phenoxy) is 1. The van der Waals surface area contributed by atoms with Crippen molar-refractivity contribution in [1.82, 2.24) is 15.1 Å². The summed E-state index contributed by atoms with van der Waals surface area (Å²) in [5.41, 5.74) is 10.1. The normalized spacial score (nSPS) is 18.4. The van der Waals surface area contributed by atoms with E-state index in [2.05, 4.69) is 46.4 Å². The Labute approximate surface area is 166 Å². The summed E-state index contributed by atoms with van der Waals surface area (Å²) in [5.74, 6) is 2.48. The van der Waals surface area contributed by atoms with Crippen LogP contribution in [0.4, 0.5) is 5.69 Å². The SMILES string of the molecule is CN(Cc1cccc(N)c1)CC1CC1CCOc1cccc(-c2ccn[nH]2)c1. The number of hydrogen-bond donors (Lipinski definition) is 2. The van der Waals surface area contributed by atoms with Crippen LogP contribution in [0, 0.1) is 11.8 Å². The molecule has 0 radical (unpaired) electrons. The van der Waals surface area contributed by atoms with Gasteiger partial charge in [0.25, 0.3) is 0 Å². The van der Waals surface area contributed by atoms with Crippen molar-refractivity contribution in [3.8, 4) is 17.0 Å². The summed E-state index contributed by atoms with van der Waals surface area (Å²) in [7, 11) is 2.19. The highest BCUT2D eigenvalue weighted by Gasteiger charge is 2.37. The molecule has 1 aromatic heterocycles. The first-order chi connectivity index (χ1) is 13.7. The number of nitrogens with one attached hydrogen (secondary N) is 1. The second-order valence-electron chi connectivity index (χ2n) is 7.83. The molecule has 146 valence electrons. The zero-order valence-electron chi connectivity index (χ0n) is 16.3. The molecule has 2 unspecified atom stereocenters. The van der Waals surface area contributed by atoms with E-state index in [4.69, 9.17) is 10.5 Å². The Morgan fingerprint density at radius 1 is 1.14 bits per heavy atom. The maximum Gasteiger partial charge on any atom is 0.119 e. The van der Waals surface area contributed by atoms with Crippen molar-refractivity contribution >= 4 is 5.69 Å². The first-order valence-corrected chi connectivity index (χ1v) is 9.93. The first-order valence-electron chi connectivity index (χ1n) is 9.93. The topological polar surface area (TPSA) is 67.2 Å². The first kappa shape index (κ1) is 18.6. The van der Waals surface area contributed by atoms with Crippen LogP contribution in [0.25, 0.3) is 11.3 Å². The fraction of sp³-hybridized carbons (Fsp3) is 0.348. The van der Waals surface area contributed by atoms with Gasteiger partial charge in [0.15, 0.2) is 0 Å². The molecule has 3 N–H and O–H groups in total. The quantitative estimate of drug-likeness (QED) is 0.549. The summed E-state index contributed by atoms with van der Waals surface area (Å²) >= 11 is 0. The van der Waals surface area contributed by atoms with Gasteiger partial charge in [0.1, 0.15) is 5.75 Å². The van der Waals surface area contributed by atoms with E-state index in [0.717, 1.165) is 60.6 Å². The zero-order valence-corrected chi connectivity index (χ0v) is 16.3. The van der Waals surface area contributed by atoms with Crippen LogP contribution in [0.2, 0.25) is 0 Å². The highest BCUT2D eigenvalue weighted by Crippen LogP contribution is 2.41. The number of aromatic amines is 1. The summed E-state index contributed by atoms with van der Waals surface area (Å²) in [4.78, 5) is 2.40. The third-order valence-corrected chi connectivity index (χ3v) is 5.42. The lowest BCUT2D eigenvalue weighted by Gasteiger charge is -2.17. The van der Waals surface area contributed by atoms with Gasteiger partial charge in [-0.1, -0.05) is 24.3 Å². The van der Waals surface area contributed by atoms with Crippen LogP contribution < -0.4 is 10.5 Å². The molecule has 1 heterocycles. The van der Waals surface area contributed by atoms with E-state index < -0.39 is 0 Å². The molecule has 2 aromatic carbocycles. The molecule has 2 atom stereocenters. The molecule has 1 aliphatic rings. The molecule has 0 bridgehead atoms. The van der Waals surface area contributed by atoms with E-state index in [1.54, 1.807) is 6.20 Å². The van der Waals surface area contributed by atoms with Crippen molar-refractivity contribution < 1.29 is 4.74 Å². The average molecular weight is 377 g/mol. The van der Waals surface area contributed by atoms with Gasteiger partial charge in [0.2, 0.25) is 0 Å².